The van der Waals surface area contributed by atoms with Crippen LogP contribution in [0.2, 0.25) is 0 Å². The fraction of sp³-hybridized carbons (Fsp3) is 0.350. The van der Waals surface area contributed by atoms with Crippen LogP contribution in [0.5, 0.6) is 0 Å². The van der Waals surface area contributed by atoms with Crippen LogP contribution in [0.4, 0.5) is 5.82 Å². The second-order valence-corrected chi connectivity index (χ2v) is 7.15. The third kappa shape index (κ3) is 3.16. The van der Waals surface area contributed by atoms with Gasteiger partial charge in [-0.1, -0.05) is 0 Å². The number of aryl methyl sites for hydroxylation is 2. The lowest BCUT2D eigenvalue weighted by Crippen LogP contribution is -2.37. The predicted octanol–water partition coefficient (Wildman–Crippen LogP) is 1.64. The van der Waals surface area contributed by atoms with Gasteiger partial charge in [-0.25, -0.2) is 4.68 Å². The number of fused-ring (bicyclic) bond motifs is 1. The molecule has 8 heteroatoms. The van der Waals surface area contributed by atoms with Crippen LogP contribution in [0, 0.1) is 0 Å². The molecule has 1 fully saturated rings. The summed E-state index contributed by atoms with van der Waals surface area (Å²) in [6, 6.07) is 8.77. The third-order valence-corrected chi connectivity index (χ3v) is 5.32. The monoisotopic (exact) mass is 376 g/mol. The maximum absolute atomic E-state index is 12.5. The van der Waals surface area contributed by atoms with Gasteiger partial charge in [0.2, 0.25) is 0 Å². The number of aromatic nitrogens is 5. The first-order chi connectivity index (χ1) is 13.8. The molecule has 142 valence electrons. The van der Waals surface area contributed by atoms with Crippen molar-refractivity contribution in [3.63, 3.8) is 0 Å². The maximum atomic E-state index is 12.5. The van der Waals surface area contributed by atoms with Gasteiger partial charge in [-0.05, 0) is 49.1 Å². The Hall–Kier alpha value is -3.13. The largest absolute Gasteiger partial charge is 0.377 e. The zero-order chi connectivity index (χ0) is 18.9. The Labute approximate surface area is 161 Å². The molecule has 28 heavy (non-hydrogen) atoms. The van der Waals surface area contributed by atoms with Crippen molar-refractivity contribution in [1.82, 2.24) is 25.0 Å². The molecule has 1 aliphatic carbocycles. The molecule has 0 saturated carbocycles. The fourth-order valence-corrected chi connectivity index (χ4v) is 3.85. The van der Waals surface area contributed by atoms with E-state index in [9.17, 15) is 4.79 Å². The molecule has 1 aliphatic heterocycles. The topological polar surface area (TPSA) is 94.8 Å². The standard InChI is InChI=1S/C20H20N6O2/c27-20-5-4-16(13-6-8-21-9-7-13)25-26(20)18-12-28-11-17(18)22-19-10-14-2-1-3-15(14)23-24-19/h4-10,17-18H,1-3,11-12H2,(H,22,24). The van der Waals surface area contributed by atoms with E-state index in [1.807, 2.05) is 12.1 Å². The molecule has 2 aliphatic rings. The summed E-state index contributed by atoms with van der Waals surface area (Å²) >= 11 is 0. The minimum atomic E-state index is -0.218. The summed E-state index contributed by atoms with van der Waals surface area (Å²) in [7, 11) is 0. The Morgan fingerprint density at radius 3 is 2.86 bits per heavy atom. The van der Waals surface area contributed by atoms with Gasteiger partial charge >= 0.3 is 0 Å². The van der Waals surface area contributed by atoms with E-state index in [4.69, 9.17) is 4.74 Å². The van der Waals surface area contributed by atoms with Crippen LogP contribution in [0.15, 0.2) is 47.5 Å². The zero-order valence-corrected chi connectivity index (χ0v) is 15.3. The van der Waals surface area contributed by atoms with Crippen LogP contribution in [-0.4, -0.2) is 44.2 Å². The van der Waals surface area contributed by atoms with Crippen molar-refractivity contribution in [2.45, 2.75) is 31.3 Å². The molecule has 3 aromatic rings. The van der Waals surface area contributed by atoms with Crippen molar-refractivity contribution in [3.8, 4) is 11.3 Å². The van der Waals surface area contributed by atoms with E-state index >= 15 is 0 Å². The summed E-state index contributed by atoms with van der Waals surface area (Å²) in [5.74, 6) is 0.722. The summed E-state index contributed by atoms with van der Waals surface area (Å²) in [6.45, 7) is 0.903. The van der Waals surface area contributed by atoms with Gasteiger partial charge in [0.25, 0.3) is 5.56 Å². The molecular formula is C20H20N6O2. The lowest BCUT2D eigenvalue weighted by atomic mass is 10.1. The van der Waals surface area contributed by atoms with Crippen molar-refractivity contribution < 1.29 is 4.74 Å². The van der Waals surface area contributed by atoms with E-state index in [0.29, 0.717) is 13.2 Å². The molecule has 0 radical (unpaired) electrons. The number of rotatable bonds is 4. The normalized spacial score (nSPS) is 20.9. The summed E-state index contributed by atoms with van der Waals surface area (Å²) in [6.07, 6.45) is 6.59. The molecule has 1 N–H and O–H groups in total. The van der Waals surface area contributed by atoms with Crippen LogP contribution in [0.3, 0.4) is 0 Å². The van der Waals surface area contributed by atoms with Crippen molar-refractivity contribution in [2.75, 3.05) is 18.5 Å². The lowest BCUT2D eigenvalue weighted by Gasteiger charge is -2.21. The maximum Gasteiger partial charge on any atom is 0.267 e. The number of anilines is 1. The highest BCUT2D eigenvalue weighted by Gasteiger charge is 2.32. The van der Waals surface area contributed by atoms with Crippen molar-refractivity contribution in [1.29, 1.82) is 0 Å². The summed E-state index contributed by atoms with van der Waals surface area (Å²) < 4.78 is 7.18. The summed E-state index contributed by atoms with van der Waals surface area (Å²) in [5, 5.41) is 16.6. The number of pyridine rings is 1. The van der Waals surface area contributed by atoms with Crippen molar-refractivity contribution in [2.24, 2.45) is 0 Å². The van der Waals surface area contributed by atoms with Crippen LogP contribution in [0.1, 0.15) is 23.7 Å². The Balaban J connectivity index is 1.43. The van der Waals surface area contributed by atoms with Crippen LogP contribution >= 0.6 is 0 Å². The fourth-order valence-electron chi connectivity index (χ4n) is 3.85. The van der Waals surface area contributed by atoms with Gasteiger partial charge in [0.05, 0.1) is 30.6 Å². The summed E-state index contributed by atoms with van der Waals surface area (Å²) in [5.41, 5.74) is 3.83. The number of nitrogens with zero attached hydrogens (tertiary/aromatic N) is 5. The minimum absolute atomic E-state index is 0.105. The molecule has 4 heterocycles. The smallest absolute Gasteiger partial charge is 0.267 e. The highest BCUT2D eigenvalue weighted by atomic mass is 16.5. The average Bonchev–Trinajstić information content (AvgIpc) is 3.38. The highest BCUT2D eigenvalue weighted by Crippen LogP contribution is 2.25. The molecule has 0 spiro atoms. The quantitative estimate of drug-likeness (QED) is 0.739. The first-order valence-electron chi connectivity index (χ1n) is 9.48. The van der Waals surface area contributed by atoms with Crippen molar-refractivity contribution >= 4 is 5.82 Å². The zero-order valence-electron chi connectivity index (χ0n) is 15.3. The van der Waals surface area contributed by atoms with E-state index in [1.54, 1.807) is 24.5 Å². The van der Waals surface area contributed by atoms with Gasteiger partial charge in [-0.15, -0.1) is 5.10 Å². The summed E-state index contributed by atoms with van der Waals surface area (Å²) in [4.78, 5) is 16.6. The Morgan fingerprint density at radius 2 is 1.96 bits per heavy atom. The second kappa shape index (κ2) is 7.12. The highest BCUT2D eigenvalue weighted by molar-refractivity contribution is 5.57. The molecule has 8 nitrogen and oxygen atoms in total. The number of hydrogen-bond acceptors (Lipinski definition) is 7. The Morgan fingerprint density at radius 1 is 1.07 bits per heavy atom. The molecule has 3 aromatic heterocycles. The molecule has 0 amide bonds. The minimum Gasteiger partial charge on any atom is -0.377 e. The number of hydrogen-bond donors (Lipinski definition) is 1. The first-order valence-corrected chi connectivity index (χ1v) is 9.48. The average molecular weight is 376 g/mol. The van der Waals surface area contributed by atoms with E-state index in [0.717, 1.165) is 42.0 Å². The third-order valence-electron chi connectivity index (χ3n) is 5.32. The molecule has 2 unspecified atom stereocenters. The van der Waals surface area contributed by atoms with Gasteiger partial charge in [0.15, 0.2) is 0 Å². The molecule has 1 saturated heterocycles. The first kappa shape index (κ1) is 17.0. The molecule has 0 aromatic carbocycles. The van der Waals surface area contributed by atoms with Crippen LogP contribution < -0.4 is 10.9 Å². The van der Waals surface area contributed by atoms with E-state index < -0.39 is 0 Å². The number of ether oxygens (including phenoxy) is 1. The van der Waals surface area contributed by atoms with E-state index in [2.05, 4.69) is 31.7 Å². The molecule has 0 bridgehead atoms. The van der Waals surface area contributed by atoms with Gasteiger partial charge in [0.1, 0.15) is 11.9 Å². The van der Waals surface area contributed by atoms with Gasteiger partial charge in [-0.3, -0.25) is 9.78 Å². The lowest BCUT2D eigenvalue weighted by molar-refractivity contribution is 0.183. The van der Waals surface area contributed by atoms with Crippen LogP contribution in [-0.2, 0) is 17.6 Å². The second-order valence-electron chi connectivity index (χ2n) is 7.15. The number of nitrogens with one attached hydrogen (secondary N) is 1. The Bertz CT molecular complexity index is 1050. The van der Waals surface area contributed by atoms with Crippen molar-refractivity contribution in [3.05, 3.63) is 64.3 Å². The molecule has 5 rings (SSSR count). The SMILES string of the molecule is O=c1ccc(-c2ccncc2)nn1C1COCC1Nc1cc2c(nn1)CCC2. The molecule has 2 atom stereocenters. The molecular weight excluding hydrogens is 356 g/mol. The van der Waals surface area contributed by atoms with E-state index in [-0.39, 0.29) is 17.6 Å². The van der Waals surface area contributed by atoms with Crippen LogP contribution in [0.25, 0.3) is 11.3 Å². The van der Waals surface area contributed by atoms with Gasteiger partial charge in [0, 0.05) is 24.0 Å². The van der Waals surface area contributed by atoms with Gasteiger partial charge in [-0.2, -0.15) is 10.2 Å². The Kier molecular flexibility index (Phi) is 4.32. The van der Waals surface area contributed by atoms with Gasteiger partial charge < -0.3 is 10.1 Å². The predicted molar refractivity (Wildman–Crippen MR) is 103 cm³/mol. The van der Waals surface area contributed by atoms with E-state index in [1.165, 1.54) is 10.2 Å².